The molecule has 2 nitrogen and oxygen atoms in total. The zero-order valence-electron chi connectivity index (χ0n) is 6.26. The maximum Gasteiger partial charge on any atom is 0.103 e. The summed E-state index contributed by atoms with van der Waals surface area (Å²) >= 11 is 0. The summed E-state index contributed by atoms with van der Waals surface area (Å²) in [4.78, 5) is 0. The lowest BCUT2D eigenvalue weighted by atomic mass is 10.0. The molecular formula is C9H10NO. The first-order chi connectivity index (χ1) is 5.36. The molecule has 1 aromatic carbocycles. The summed E-state index contributed by atoms with van der Waals surface area (Å²) in [6.45, 7) is 1.34. The first-order valence-electron chi connectivity index (χ1n) is 3.86. The second-order valence-corrected chi connectivity index (χ2v) is 2.91. The summed E-state index contributed by atoms with van der Waals surface area (Å²) < 4.78 is 0. The molecule has 57 valence electrons. The molecule has 0 amide bonds. The molecule has 0 saturated carbocycles. The predicted octanol–water partition coefficient (Wildman–Crippen LogP) is -0.0744. The van der Waals surface area contributed by atoms with Crippen LogP contribution in [0.4, 0.5) is 0 Å². The van der Waals surface area contributed by atoms with E-state index in [1.807, 2.05) is 12.1 Å². The quantitative estimate of drug-likeness (QED) is 0.512. The third-order valence-corrected chi connectivity index (χ3v) is 2.11. The summed E-state index contributed by atoms with van der Waals surface area (Å²) in [6.07, 6.45) is 0.919. The van der Waals surface area contributed by atoms with E-state index in [0.717, 1.165) is 13.0 Å². The van der Waals surface area contributed by atoms with Gasteiger partial charge < -0.3 is 10.3 Å². The van der Waals surface area contributed by atoms with Gasteiger partial charge in [0.15, 0.2) is 0 Å². The largest absolute Gasteiger partial charge is 0.634 e. The average molecular weight is 148 g/mol. The Morgan fingerprint density at radius 1 is 1.45 bits per heavy atom. The Morgan fingerprint density at radius 2 is 2.36 bits per heavy atom. The highest BCUT2D eigenvalue weighted by molar-refractivity contribution is 5.26. The molecule has 1 atom stereocenters. The van der Waals surface area contributed by atoms with Crippen LogP contribution < -0.4 is 5.06 Å². The fourth-order valence-electron chi connectivity index (χ4n) is 1.48. The fourth-order valence-corrected chi connectivity index (χ4v) is 1.48. The molecular weight excluding hydrogens is 138 g/mol. The number of benzene rings is 1. The standard InChI is InChI=1S/C9H10NO/c11-10-6-5-8-3-1-2-4-9(8)7-10/h1,3-4,10H,5-7H2. The normalized spacial score (nSPS) is 22.8. The number of nitrogens with one attached hydrogen (secondary N) is 1. The maximum atomic E-state index is 11.0. The van der Waals surface area contributed by atoms with Crippen molar-refractivity contribution in [1.82, 2.24) is 0 Å². The van der Waals surface area contributed by atoms with Crippen molar-refractivity contribution in [2.45, 2.75) is 13.0 Å². The van der Waals surface area contributed by atoms with Gasteiger partial charge in [0.2, 0.25) is 0 Å². The zero-order valence-corrected chi connectivity index (χ0v) is 6.26. The first kappa shape index (κ1) is 6.83. The highest BCUT2D eigenvalue weighted by atomic mass is 16.5. The number of quaternary nitrogens is 1. The van der Waals surface area contributed by atoms with Crippen molar-refractivity contribution in [3.05, 3.63) is 40.6 Å². The molecule has 1 unspecified atom stereocenters. The smallest absolute Gasteiger partial charge is 0.103 e. The Labute approximate surface area is 66.0 Å². The maximum absolute atomic E-state index is 11.0. The summed E-state index contributed by atoms with van der Waals surface area (Å²) in [6, 6.07) is 8.88. The van der Waals surface area contributed by atoms with E-state index in [4.69, 9.17) is 0 Å². The highest BCUT2D eigenvalue weighted by Crippen LogP contribution is 2.09. The molecule has 11 heavy (non-hydrogen) atoms. The van der Waals surface area contributed by atoms with Crippen LogP contribution in [0, 0.1) is 11.3 Å². The molecule has 1 N–H and O–H groups in total. The molecule has 0 fully saturated rings. The zero-order chi connectivity index (χ0) is 7.68. The van der Waals surface area contributed by atoms with Crippen molar-refractivity contribution < 1.29 is 5.06 Å². The third kappa shape index (κ3) is 1.27. The van der Waals surface area contributed by atoms with E-state index in [1.54, 1.807) is 0 Å². The van der Waals surface area contributed by atoms with Crippen LogP contribution in [0.15, 0.2) is 18.2 Å². The van der Waals surface area contributed by atoms with E-state index in [2.05, 4.69) is 12.1 Å². The highest BCUT2D eigenvalue weighted by Gasteiger charge is 2.11. The molecule has 0 aromatic heterocycles. The molecule has 2 heteroatoms. The third-order valence-electron chi connectivity index (χ3n) is 2.11. The van der Waals surface area contributed by atoms with Gasteiger partial charge in [-0.3, -0.25) is 0 Å². The SMILES string of the molecule is [O-][NH+]1CCc2cc[c]cc2C1. The second kappa shape index (κ2) is 2.64. The summed E-state index contributed by atoms with van der Waals surface area (Å²) in [5.41, 5.74) is 2.49. The van der Waals surface area contributed by atoms with E-state index >= 15 is 0 Å². The van der Waals surface area contributed by atoms with Crippen molar-refractivity contribution in [2.24, 2.45) is 0 Å². The molecule has 1 aliphatic rings. The Kier molecular flexibility index (Phi) is 1.64. The Balaban J connectivity index is 2.34. The monoisotopic (exact) mass is 148 g/mol. The summed E-state index contributed by atoms with van der Waals surface area (Å²) in [7, 11) is 0. The van der Waals surface area contributed by atoms with Gasteiger partial charge in [0.1, 0.15) is 6.54 Å². The van der Waals surface area contributed by atoms with Crippen LogP contribution in [-0.4, -0.2) is 6.54 Å². The van der Waals surface area contributed by atoms with Crippen LogP contribution in [0.2, 0.25) is 0 Å². The van der Waals surface area contributed by atoms with Gasteiger partial charge in [0.25, 0.3) is 0 Å². The molecule has 0 saturated heterocycles. The molecule has 1 radical (unpaired) electrons. The van der Waals surface area contributed by atoms with Gasteiger partial charge in [0, 0.05) is 12.0 Å². The van der Waals surface area contributed by atoms with Gasteiger partial charge in [-0.2, -0.15) is 0 Å². The Hall–Kier alpha value is -0.860. The van der Waals surface area contributed by atoms with Gasteiger partial charge in [-0.15, -0.1) is 0 Å². The lowest BCUT2D eigenvalue weighted by molar-refractivity contribution is -0.864. The molecule has 0 bridgehead atoms. The van der Waals surface area contributed by atoms with Crippen molar-refractivity contribution in [3.63, 3.8) is 0 Å². The molecule has 1 aromatic rings. The van der Waals surface area contributed by atoms with E-state index in [1.165, 1.54) is 11.1 Å². The lowest BCUT2D eigenvalue weighted by Gasteiger charge is -2.27. The number of rotatable bonds is 0. The van der Waals surface area contributed by atoms with Crippen LogP contribution in [0.1, 0.15) is 11.1 Å². The van der Waals surface area contributed by atoms with E-state index < -0.39 is 0 Å². The van der Waals surface area contributed by atoms with Crippen LogP contribution in [0.3, 0.4) is 0 Å². The lowest BCUT2D eigenvalue weighted by Crippen LogP contribution is -3.06. The summed E-state index contributed by atoms with van der Waals surface area (Å²) in [5.74, 6) is 0. The fraction of sp³-hybridized carbons (Fsp3) is 0.333. The summed E-state index contributed by atoms with van der Waals surface area (Å²) in [5, 5.41) is 11.4. The number of hydroxylamine groups is 2. The van der Waals surface area contributed by atoms with Gasteiger partial charge in [-0.25, -0.2) is 0 Å². The number of hydrogen-bond acceptors (Lipinski definition) is 1. The minimum Gasteiger partial charge on any atom is -0.634 e. The molecule has 2 rings (SSSR count). The molecule has 1 aliphatic heterocycles. The van der Waals surface area contributed by atoms with Crippen molar-refractivity contribution in [1.29, 1.82) is 0 Å². The van der Waals surface area contributed by atoms with Gasteiger partial charge >= 0.3 is 0 Å². The Morgan fingerprint density at radius 3 is 3.27 bits per heavy atom. The van der Waals surface area contributed by atoms with Gasteiger partial charge in [-0.1, -0.05) is 12.1 Å². The van der Waals surface area contributed by atoms with Crippen molar-refractivity contribution in [3.8, 4) is 0 Å². The second-order valence-electron chi connectivity index (χ2n) is 2.91. The predicted molar refractivity (Wildman–Crippen MR) is 41.9 cm³/mol. The average Bonchev–Trinajstić information content (AvgIpc) is 2.04. The van der Waals surface area contributed by atoms with E-state index in [0.29, 0.717) is 11.6 Å². The Bertz CT molecular complexity index is 259. The minimum atomic E-state index is 0.358. The van der Waals surface area contributed by atoms with E-state index in [9.17, 15) is 5.21 Å². The topological polar surface area (TPSA) is 27.5 Å². The van der Waals surface area contributed by atoms with Crippen LogP contribution in [0.5, 0.6) is 0 Å². The van der Waals surface area contributed by atoms with Gasteiger partial charge in [-0.05, 0) is 17.7 Å². The number of fused-ring (bicyclic) bond motifs is 1. The molecule has 0 aliphatic carbocycles. The van der Waals surface area contributed by atoms with Crippen LogP contribution in [-0.2, 0) is 13.0 Å². The molecule has 1 heterocycles. The van der Waals surface area contributed by atoms with E-state index in [-0.39, 0.29) is 0 Å². The van der Waals surface area contributed by atoms with Crippen molar-refractivity contribution >= 4 is 0 Å². The molecule has 0 spiro atoms. The van der Waals surface area contributed by atoms with Crippen LogP contribution in [0.25, 0.3) is 0 Å². The van der Waals surface area contributed by atoms with Crippen LogP contribution >= 0.6 is 0 Å². The number of hydrogen-bond donors (Lipinski definition) is 1. The minimum absolute atomic E-state index is 0.358. The van der Waals surface area contributed by atoms with Gasteiger partial charge in [0.05, 0.1) is 6.54 Å². The first-order valence-corrected chi connectivity index (χ1v) is 3.86. The van der Waals surface area contributed by atoms with Crippen molar-refractivity contribution in [2.75, 3.05) is 6.54 Å².